The first-order chi connectivity index (χ1) is 8.56. The van der Waals surface area contributed by atoms with Crippen LogP contribution in [0.3, 0.4) is 0 Å². The molecule has 3 N–H and O–H groups in total. The van der Waals surface area contributed by atoms with Gasteiger partial charge in [0.1, 0.15) is 5.75 Å². The van der Waals surface area contributed by atoms with Crippen molar-refractivity contribution in [3.8, 4) is 5.75 Å². The molecule has 2 atom stereocenters. The number of rotatable bonds is 3. The van der Waals surface area contributed by atoms with Gasteiger partial charge < -0.3 is 15.5 Å². The average Bonchev–Trinajstić information content (AvgIpc) is 2.70. The molecule has 4 heteroatoms. The van der Waals surface area contributed by atoms with Gasteiger partial charge in [-0.15, -0.1) is 0 Å². The van der Waals surface area contributed by atoms with Crippen LogP contribution in [0, 0.1) is 12.8 Å². The van der Waals surface area contributed by atoms with E-state index in [1.54, 1.807) is 12.1 Å². The van der Waals surface area contributed by atoms with Crippen molar-refractivity contribution in [1.82, 2.24) is 5.32 Å². The third kappa shape index (κ3) is 3.01. The van der Waals surface area contributed by atoms with Crippen LogP contribution in [0.25, 0.3) is 0 Å². The zero-order valence-electron chi connectivity index (χ0n) is 10.5. The number of phenolic OH excluding ortho intramolecular Hbond substituents is 1. The van der Waals surface area contributed by atoms with E-state index in [-0.39, 0.29) is 23.7 Å². The summed E-state index contributed by atoms with van der Waals surface area (Å²) in [6, 6.07) is 4.80. The molecule has 4 nitrogen and oxygen atoms in total. The minimum Gasteiger partial charge on any atom is -0.508 e. The first-order valence-corrected chi connectivity index (χ1v) is 6.33. The number of nitrogens with one attached hydrogen (secondary N) is 1. The molecule has 1 aliphatic rings. The molecule has 0 saturated heterocycles. The van der Waals surface area contributed by atoms with Crippen LogP contribution < -0.4 is 5.32 Å². The van der Waals surface area contributed by atoms with E-state index in [0.29, 0.717) is 12.1 Å². The molecule has 0 spiro atoms. The molecule has 1 aliphatic carbocycles. The Morgan fingerprint density at radius 2 is 2.17 bits per heavy atom. The summed E-state index contributed by atoms with van der Waals surface area (Å²) >= 11 is 0. The number of carbonyl (C=O) groups excluding carboxylic acids is 1. The lowest BCUT2D eigenvalue weighted by Crippen LogP contribution is -2.32. The number of carbonyl (C=O) groups is 1. The molecule has 2 unspecified atom stereocenters. The fourth-order valence-corrected chi connectivity index (χ4v) is 2.48. The van der Waals surface area contributed by atoms with E-state index in [1.165, 1.54) is 6.07 Å². The van der Waals surface area contributed by atoms with Crippen LogP contribution in [-0.4, -0.2) is 28.8 Å². The second-order valence-electron chi connectivity index (χ2n) is 5.03. The molecule has 0 aliphatic heterocycles. The predicted molar refractivity (Wildman–Crippen MR) is 68.5 cm³/mol. The fourth-order valence-electron chi connectivity index (χ4n) is 2.48. The SMILES string of the molecule is Cc1cc(O)cc(C(=O)NCC2CCCC2O)c1. The lowest BCUT2D eigenvalue weighted by molar-refractivity contribution is 0.0916. The lowest BCUT2D eigenvalue weighted by Gasteiger charge is -2.15. The molecule has 1 saturated carbocycles. The number of aliphatic hydroxyl groups excluding tert-OH is 1. The molecule has 18 heavy (non-hydrogen) atoms. The summed E-state index contributed by atoms with van der Waals surface area (Å²) < 4.78 is 0. The van der Waals surface area contributed by atoms with Crippen molar-refractivity contribution in [2.45, 2.75) is 32.3 Å². The highest BCUT2D eigenvalue weighted by Crippen LogP contribution is 2.24. The first kappa shape index (κ1) is 12.9. The molecule has 0 aromatic heterocycles. The van der Waals surface area contributed by atoms with Crippen LogP contribution in [0.4, 0.5) is 0 Å². The van der Waals surface area contributed by atoms with Crippen molar-refractivity contribution in [3.05, 3.63) is 29.3 Å². The van der Waals surface area contributed by atoms with Crippen molar-refractivity contribution >= 4 is 5.91 Å². The monoisotopic (exact) mass is 249 g/mol. The number of phenols is 1. The van der Waals surface area contributed by atoms with Crippen molar-refractivity contribution < 1.29 is 15.0 Å². The van der Waals surface area contributed by atoms with Crippen LogP contribution in [-0.2, 0) is 0 Å². The molecule has 0 bridgehead atoms. The van der Waals surface area contributed by atoms with E-state index >= 15 is 0 Å². The topological polar surface area (TPSA) is 69.6 Å². The van der Waals surface area contributed by atoms with Gasteiger partial charge in [0.25, 0.3) is 5.91 Å². The smallest absolute Gasteiger partial charge is 0.251 e. The lowest BCUT2D eigenvalue weighted by atomic mass is 10.1. The zero-order valence-corrected chi connectivity index (χ0v) is 10.5. The predicted octanol–water partition coefficient (Wildman–Crippen LogP) is 1.59. The van der Waals surface area contributed by atoms with Crippen molar-refractivity contribution in [1.29, 1.82) is 0 Å². The van der Waals surface area contributed by atoms with Crippen molar-refractivity contribution in [3.63, 3.8) is 0 Å². The Kier molecular flexibility index (Phi) is 3.87. The quantitative estimate of drug-likeness (QED) is 0.762. The van der Waals surface area contributed by atoms with Gasteiger partial charge in [0.05, 0.1) is 6.10 Å². The molecular weight excluding hydrogens is 230 g/mol. The van der Waals surface area contributed by atoms with E-state index in [9.17, 15) is 15.0 Å². The van der Waals surface area contributed by atoms with Crippen molar-refractivity contribution in [2.75, 3.05) is 6.54 Å². The van der Waals surface area contributed by atoms with Gasteiger partial charge in [0.15, 0.2) is 0 Å². The molecule has 1 amide bonds. The third-order valence-corrected chi connectivity index (χ3v) is 3.47. The number of hydrogen-bond acceptors (Lipinski definition) is 3. The zero-order chi connectivity index (χ0) is 13.1. The van der Waals surface area contributed by atoms with E-state index in [1.807, 2.05) is 6.92 Å². The molecule has 2 rings (SSSR count). The maximum absolute atomic E-state index is 11.9. The van der Waals surface area contributed by atoms with Crippen LogP contribution in [0.1, 0.15) is 35.2 Å². The fraction of sp³-hybridized carbons (Fsp3) is 0.500. The molecule has 1 aromatic rings. The molecule has 0 heterocycles. The van der Waals surface area contributed by atoms with Crippen LogP contribution in [0.2, 0.25) is 0 Å². The van der Waals surface area contributed by atoms with Gasteiger partial charge in [-0.25, -0.2) is 0 Å². The number of aliphatic hydroxyl groups is 1. The van der Waals surface area contributed by atoms with Gasteiger partial charge in [-0.2, -0.15) is 0 Å². The minimum absolute atomic E-state index is 0.0982. The highest BCUT2D eigenvalue weighted by molar-refractivity contribution is 5.94. The van der Waals surface area contributed by atoms with Gasteiger partial charge in [0, 0.05) is 18.0 Å². The van der Waals surface area contributed by atoms with E-state index in [0.717, 1.165) is 24.8 Å². The van der Waals surface area contributed by atoms with Crippen LogP contribution >= 0.6 is 0 Å². The summed E-state index contributed by atoms with van der Waals surface area (Å²) in [5, 5.41) is 21.9. The highest BCUT2D eigenvalue weighted by atomic mass is 16.3. The number of benzene rings is 1. The number of amides is 1. The summed E-state index contributed by atoms with van der Waals surface area (Å²) in [5.41, 5.74) is 1.31. The van der Waals surface area contributed by atoms with Crippen molar-refractivity contribution in [2.24, 2.45) is 5.92 Å². The Morgan fingerprint density at radius 1 is 1.39 bits per heavy atom. The van der Waals surface area contributed by atoms with Gasteiger partial charge in [-0.1, -0.05) is 6.42 Å². The van der Waals surface area contributed by atoms with Gasteiger partial charge in [-0.05, 0) is 43.5 Å². The van der Waals surface area contributed by atoms with E-state index < -0.39 is 0 Å². The summed E-state index contributed by atoms with van der Waals surface area (Å²) in [5.74, 6) is 0.0570. The normalized spacial score (nSPS) is 23.0. The first-order valence-electron chi connectivity index (χ1n) is 6.33. The third-order valence-electron chi connectivity index (χ3n) is 3.47. The van der Waals surface area contributed by atoms with Gasteiger partial charge in [0.2, 0.25) is 0 Å². The maximum Gasteiger partial charge on any atom is 0.251 e. The molecule has 0 radical (unpaired) electrons. The summed E-state index contributed by atoms with van der Waals surface area (Å²) in [6.07, 6.45) is 2.51. The Bertz CT molecular complexity index is 424. The summed E-state index contributed by atoms with van der Waals surface area (Å²) in [6.45, 7) is 2.33. The minimum atomic E-state index is -0.295. The largest absolute Gasteiger partial charge is 0.508 e. The Morgan fingerprint density at radius 3 is 2.78 bits per heavy atom. The van der Waals surface area contributed by atoms with Crippen LogP contribution in [0.5, 0.6) is 5.75 Å². The Balaban J connectivity index is 1.95. The highest BCUT2D eigenvalue weighted by Gasteiger charge is 2.25. The van der Waals surface area contributed by atoms with E-state index in [4.69, 9.17) is 0 Å². The number of aromatic hydroxyl groups is 1. The Labute approximate surface area is 107 Å². The second kappa shape index (κ2) is 5.40. The Hall–Kier alpha value is -1.55. The van der Waals surface area contributed by atoms with Gasteiger partial charge >= 0.3 is 0 Å². The summed E-state index contributed by atoms with van der Waals surface area (Å²) in [7, 11) is 0. The average molecular weight is 249 g/mol. The molecule has 1 aromatic carbocycles. The molecule has 98 valence electrons. The van der Waals surface area contributed by atoms with Gasteiger partial charge in [-0.3, -0.25) is 4.79 Å². The molecular formula is C14H19NO3. The second-order valence-corrected chi connectivity index (χ2v) is 5.03. The molecule has 1 fully saturated rings. The number of aryl methyl sites for hydroxylation is 1. The standard InChI is InChI=1S/C14H19NO3/c1-9-5-11(7-12(16)6-9)14(18)15-8-10-3-2-4-13(10)17/h5-7,10,13,16-17H,2-4,8H2,1H3,(H,15,18). The van der Waals surface area contributed by atoms with E-state index in [2.05, 4.69) is 5.32 Å². The maximum atomic E-state index is 11.9. The summed E-state index contributed by atoms with van der Waals surface area (Å²) in [4.78, 5) is 11.9. The number of hydrogen-bond donors (Lipinski definition) is 3. The van der Waals surface area contributed by atoms with Crippen LogP contribution in [0.15, 0.2) is 18.2 Å².